The quantitative estimate of drug-likeness (QED) is 0.588. The van der Waals surface area contributed by atoms with Crippen molar-refractivity contribution < 1.29 is 22.6 Å². The predicted molar refractivity (Wildman–Crippen MR) is 58.4 cm³/mol. The van der Waals surface area contributed by atoms with Crippen LogP contribution in [0.4, 0.5) is 13.2 Å². The molecule has 94 valence electrons. The van der Waals surface area contributed by atoms with Crippen molar-refractivity contribution >= 4 is 11.6 Å². The van der Waals surface area contributed by atoms with Crippen LogP contribution >= 0.6 is 11.6 Å². The molecule has 0 saturated heterocycles. The van der Waals surface area contributed by atoms with E-state index in [9.17, 15) is 13.2 Å². The van der Waals surface area contributed by atoms with E-state index in [4.69, 9.17) is 16.3 Å². The maximum absolute atomic E-state index is 11.9. The molecule has 0 fully saturated rings. The van der Waals surface area contributed by atoms with Crippen molar-refractivity contribution in [2.45, 2.75) is 12.8 Å². The van der Waals surface area contributed by atoms with Gasteiger partial charge >= 0.3 is 6.36 Å². The fourth-order valence-electron chi connectivity index (χ4n) is 1.05. The van der Waals surface area contributed by atoms with Crippen LogP contribution in [0.5, 0.6) is 11.5 Å². The number of rotatable bonds is 5. The summed E-state index contributed by atoms with van der Waals surface area (Å²) in [5, 5.41) is 0.0656. The minimum atomic E-state index is -4.73. The maximum Gasteiger partial charge on any atom is 0.573 e. The molecule has 2 nitrogen and oxygen atoms in total. The fraction of sp³-hybridized carbons (Fsp3) is 0.273. The van der Waals surface area contributed by atoms with Crippen LogP contribution in [0.3, 0.4) is 0 Å². The van der Waals surface area contributed by atoms with Gasteiger partial charge in [0.2, 0.25) is 0 Å². The van der Waals surface area contributed by atoms with Gasteiger partial charge in [0.1, 0.15) is 11.5 Å². The summed E-state index contributed by atoms with van der Waals surface area (Å²) < 4.78 is 44.7. The van der Waals surface area contributed by atoms with Crippen molar-refractivity contribution in [3.63, 3.8) is 0 Å². The summed E-state index contributed by atoms with van der Waals surface area (Å²) in [6.07, 6.45) is -2.44. The Morgan fingerprint density at radius 3 is 2.59 bits per heavy atom. The third kappa shape index (κ3) is 4.99. The van der Waals surface area contributed by atoms with Gasteiger partial charge in [-0.2, -0.15) is 0 Å². The Balaban J connectivity index is 2.69. The second-order valence-electron chi connectivity index (χ2n) is 3.07. The van der Waals surface area contributed by atoms with Gasteiger partial charge in [-0.25, -0.2) is 0 Å². The van der Waals surface area contributed by atoms with Crippen LogP contribution in [-0.4, -0.2) is 13.0 Å². The molecule has 0 radical (unpaired) electrons. The molecule has 0 N–H and O–H groups in total. The highest BCUT2D eigenvalue weighted by Crippen LogP contribution is 2.31. The minimum Gasteiger partial charge on any atom is -0.492 e. The van der Waals surface area contributed by atoms with Crippen molar-refractivity contribution in [2.75, 3.05) is 6.61 Å². The Bertz CT molecular complexity index is 391. The molecule has 1 aromatic carbocycles. The number of ether oxygens (including phenoxy) is 2. The Hall–Kier alpha value is -1.36. The van der Waals surface area contributed by atoms with Gasteiger partial charge in [0, 0.05) is 6.07 Å². The first-order valence-electron chi connectivity index (χ1n) is 4.71. The van der Waals surface area contributed by atoms with Crippen molar-refractivity contribution in [1.82, 2.24) is 0 Å². The first-order chi connectivity index (χ1) is 7.92. The summed E-state index contributed by atoms with van der Waals surface area (Å²) >= 11 is 5.74. The van der Waals surface area contributed by atoms with Gasteiger partial charge in [-0.15, -0.1) is 19.8 Å². The van der Waals surface area contributed by atoms with Crippen LogP contribution in [-0.2, 0) is 0 Å². The highest BCUT2D eigenvalue weighted by Gasteiger charge is 2.31. The summed E-state index contributed by atoms with van der Waals surface area (Å²) in [5.74, 6) is -0.0680. The van der Waals surface area contributed by atoms with Gasteiger partial charge in [-0.1, -0.05) is 17.7 Å². The highest BCUT2D eigenvalue weighted by atomic mass is 35.5. The van der Waals surface area contributed by atoms with Gasteiger partial charge in [0.25, 0.3) is 0 Å². The lowest BCUT2D eigenvalue weighted by Crippen LogP contribution is -2.17. The molecule has 17 heavy (non-hydrogen) atoms. The third-order valence-corrected chi connectivity index (χ3v) is 2.01. The zero-order chi connectivity index (χ0) is 12.9. The van der Waals surface area contributed by atoms with Crippen molar-refractivity contribution in [1.29, 1.82) is 0 Å². The standard InChI is InChI=1S/C11H10ClF3O2/c1-2-3-6-16-10-5-4-8(7-9(10)12)17-11(13,14)15/h2,4-5,7H,1,3,6H2. The van der Waals surface area contributed by atoms with Gasteiger partial charge < -0.3 is 9.47 Å². The second kappa shape index (κ2) is 5.82. The lowest BCUT2D eigenvalue weighted by molar-refractivity contribution is -0.274. The molecule has 1 aromatic rings. The Kier molecular flexibility index (Phi) is 4.69. The van der Waals surface area contributed by atoms with E-state index < -0.39 is 6.36 Å². The summed E-state index contributed by atoms with van der Waals surface area (Å²) in [5.41, 5.74) is 0. The SMILES string of the molecule is C=CCCOc1ccc(OC(F)(F)F)cc1Cl. The average molecular weight is 267 g/mol. The Morgan fingerprint density at radius 2 is 2.06 bits per heavy atom. The molecular weight excluding hydrogens is 257 g/mol. The van der Waals surface area contributed by atoms with E-state index in [1.54, 1.807) is 6.08 Å². The molecule has 0 bridgehead atoms. The number of hydrogen-bond acceptors (Lipinski definition) is 2. The van der Waals surface area contributed by atoms with Crippen LogP contribution in [0.15, 0.2) is 30.9 Å². The van der Waals surface area contributed by atoms with Crippen LogP contribution in [0.1, 0.15) is 6.42 Å². The van der Waals surface area contributed by atoms with Crippen molar-refractivity contribution in [3.05, 3.63) is 35.9 Å². The molecule has 1 rings (SSSR count). The van der Waals surface area contributed by atoms with Crippen LogP contribution in [0.2, 0.25) is 5.02 Å². The van der Waals surface area contributed by atoms with E-state index in [1.807, 2.05) is 0 Å². The van der Waals surface area contributed by atoms with E-state index in [2.05, 4.69) is 11.3 Å². The number of halogens is 4. The van der Waals surface area contributed by atoms with Crippen LogP contribution in [0.25, 0.3) is 0 Å². The molecule has 6 heteroatoms. The minimum absolute atomic E-state index is 0.0656. The third-order valence-electron chi connectivity index (χ3n) is 1.72. The molecule has 0 spiro atoms. The Morgan fingerprint density at radius 1 is 1.35 bits per heavy atom. The van der Waals surface area contributed by atoms with Crippen molar-refractivity contribution in [2.24, 2.45) is 0 Å². The van der Waals surface area contributed by atoms with Gasteiger partial charge in [0.15, 0.2) is 0 Å². The lowest BCUT2D eigenvalue weighted by atomic mass is 10.3. The molecule has 0 aromatic heterocycles. The number of benzene rings is 1. The fourth-order valence-corrected chi connectivity index (χ4v) is 1.27. The first-order valence-corrected chi connectivity index (χ1v) is 5.09. The van der Waals surface area contributed by atoms with Gasteiger partial charge in [-0.3, -0.25) is 0 Å². The molecule has 0 heterocycles. The van der Waals surface area contributed by atoms with Gasteiger partial charge in [0.05, 0.1) is 11.6 Å². The van der Waals surface area contributed by atoms with E-state index in [1.165, 1.54) is 6.07 Å². The average Bonchev–Trinajstić information content (AvgIpc) is 2.19. The number of alkyl halides is 3. The maximum atomic E-state index is 11.9. The predicted octanol–water partition coefficient (Wildman–Crippen LogP) is 4.19. The topological polar surface area (TPSA) is 18.5 Å². The summed E-state index contributed by atoms with van der Waals surface area (Å²) in [6.45, 7) is 3.87. The molecule has 0 atom stereocenters. The summed E-state index contributed by atoms with van der Waals surface area (Å²) in [4.78, 5) is 0. The highest BCUT2D eigenvalue weighted by molar-refractivity contribution is 6.32. The van der Waals surface area contributed by atoms with E-state index in [-0.39, 0.29) is 10.8 Å². The molecule has 0 aliphatic heterocycles. The number of hydrogen-bond donors (Lipinski definition) is 0. The monoisotopic (exact) mass is 266 g/mol. The van der Waals surface area contributed by atoms with Crippen LogP contribution < -0.4 is 9.47 Å². The van der Waals surface area contributed by atoms with E-state index in [0.29, 0.717) is 18.8 Å². The molecule has 0 aliphatic carbocycles. The van der Waals surface area contributed by atoms with E-state index >= 15 is 0 Å². The van der Waals surface area contributed by atoms with Gasteiger partial charge in [-0.05, 0) is 18.6 Å². The summed E-state index contributed by atoms with van der Waals surface area (Å²) in [6, 6.07) is 3.52. The lowest BCUT2D eigenvalue weighted by Gasteiger charge is -2.11. The zero-order valence-electron chi connectivity index (χ0n) is 8.76. The Labute approximate surface area is 102 Å². The van der Waals surface area contributed by atoms with Crippen LogP contribution in [0, 0.1) is 0 Å². The largest absolute Gasteiger partial charge is 0.573 e. The zero-order valence-corrected chi connectivity index (χ0v) is 9.52. The molecule has 0 aliphatic rings. The van der Waals surface area contributed by atoms with Crippen molar-refractivity contribution in [3.8, 4) is 11.5 Å². The second-order valence-corrected chi connectivity index (χ2v) is 3.47. The normalized spacial score (nSPS) is 11.1. The smallest absolute Gasteiger partial charge is 0.492 e. The molecular formula is C11H10ClF3O2. The van der Waals surface area contributed by atoms with E-state index in [0.717, 1.165) is 12.1 Å². The molecule has 0 saturated carbocycles. The summed E-state index contributed by atoms with van der Waals surface area (Å²) in [7, 11) is 0. The first kappa shape index (κ1) is 13.7. The molecule has 0 unspecified atom stereocenters. The molecule has 0 amide bonds.